The van der Waals surface area contributed by atoms with Crippen LogP contribution in [0.2, 0.25) is 0 Å². The van der Waals surface area contributed by atoms with Crippen LogP contribution in [-0.2, 0) is 6.54 Å². The van der Waals surface area contributed by atoms with Gasteiger partial charge in [-0.05, 0) is 44.5 Å². The molecule has 3 heteroatoms. The van der Waals surface area contributed by atoms with Crippen LogP contribution in [0.25, 0.3) is 0 Å². The van der Waals surface area contributed by atoms with E-state index in [2.05, 4.69) is 32.2 Å². The maximum absolute atomic E-state index is 11.7. The maximum Gasteiger partial charge on any atom is 0.254 e. The SMILES string of the molecule is CN1Cc2cc(NC(C)(C)C)ccc2C1=O. The molecule has 3 nitrogen and oxygen atoms in total. The molecule has 0 aliphatic carbocycles. The first-order chi connectivity index (χ1) is 7.37. The largest absolute Gasteiger partial charge is 0.380 e. The van der Waals surface area contributed by atoms with E-state index in [4.69, 9.17) is 0 Å². The highest BCUT2D eigenvalue weighted by Gasteiger charge is 2.24. The van der Waals surface area contributed by atoms with Crippen LogP contribution in [0.15, 0.2) is 18.2 Å². The third-order valence-electron chi connectivity index (χ3n) is 2.61. The van der Waals surface area contributed by atoms with Gasteiger partial charge in [0.1, 0.15) is 0 Å². The predicted molar refractivity (Wildman–Crippen MR) is 65.6 cm³/mol. The zero-order valence-electron chi connectivity index (χ0n) is 10.3. The van der Waals surface area contributed by atoms with Crippen molar-refractivity contribution in [3.8, 4) is 0 Å². The molecule has 86 valence electrons. The Bertz CT molecular complexity index is 432. The number of amides is 1. The number of rotatable bonds is 1. The first kappa shape index (κ1) is 11.0. The van der Waals surface area contributed by atoms with Gasteiger partial charge in [-0.1, -0.05) is 0 Å². The Labute approximate surface area is 96.5 Å². The van der Waals surface area contributed by atoms with Crippen LogP contribution >= 0.6 is 0 Å². The van der Waals surface area contributed by atoms with Gasteiger partial charge in [-0.3, -0.25) is 4.79 Å². The molecule has 0 saturated carbocycles. The number of anilines is 1. The summed E-state index contributed by atoms with van der Waals surface area (Å²) in [6.45, 7) is 7.08. The van der Waals surface area contributed by atoms with Crippen molar-refractivity contribution in [3.05, 3.63) is 29.3 Å². The van der Waals surface area contributed by atoms with Gasteiger partial charge in [0.2, 0.25) is 0 Å². The van der Waals surface area contributed by atoms with Gasteiger partial charge in [-0.15, -0.1) is 0 Å². The van der Waals surface area contributed by atoms with Crippen LogP contribution in [0.5, 0.6) is 0 Å². The minimum absolute atomic E-state index is 0.0444. The first-order valence-electron chi connectivity index (χ1n) is 5.53. The van der Waals surface area contributed by atoms with Crippen molar-refractivity contribution in [2.45, 2.75) is 32.9 Å². The first-order valence-corrected chi connectivity index (χ1v) is 5.53. The highest BCUT2D eigenvalue weighted by molar-refractivity contribution is 5.98. The molecule has 1 heterocycles. The third-order valence-corrected chi connectivity index (χ3v) is 2.61. The molecule has 0 aromatic heterocycles. The monoisotopic (exact) mass is 218 g/mol. The number of hydrogen-bond acceptors (Lipinski definition) is 2. The second-order valence-electron chi connectivity index (χ2n) is 5.41. The lowest BCUT2D eigenvalue weighted by Crippen LogP contribution is -2.26. The van der Waals surface area contributed by atoms with Crippen molar-refractivity contribution in [1.82, 2.24) is 4.90 Å². The average molecular weight is 218 g/mol. The standard InChI is InChI=1S/C13H18N2O/c1-13(2,3)14-10-5-6-11-9(7-10)8-15(4)12(11)16/h5-7,14H,8H2,1-4H3. The number of carbonyl (C=O) groups is 1. The molecule has 0 bridgehead atoms. The highest BCUT2D eigenvalue weighted by Crippen LogP contribution is 2.25. The summed E-state index contributed by atoms with van der Waals surface area (Å²) >= 11 is 0. The molecule has 1 aromatic rings. The van der Waals surface area contributed by atoms with Crippen LogP contribution in [0.1, 0.15) is 36.7 Å². The van der Waals surface area contributed by atoms with E-state index in [1.54, 1.807) is 4.90 Å². The lowest BCUT2D eigenvalue weighted by molar-refractivity contribution is 0.0816. The van der Waals surface area contributed by atoms with Crippen molar-refractivity contribution >= 4 is 11.6 Å². The number of benzene rings is 1. The number of nitrogens with zero attached hydrogens (tertiary/aromatic N) is 1. The molecule has 2 rings (SSSR count). The summed E-state index contributed by atoms with van der Waals surface area (Å²) in [6, 6.07) is 5.96. The Hall–Kier alpha value is -1.51. The Morgan fingerprint density at radius 3 is 2.62 bits per heavy atom. The van der Waals surface area contributed by atoms with Crippen molar-refractivity contribution in [2.75, 3.05) is 12.4 Å². The second kappa shape index (κ2) is 3.51. The van der Waals surface area contributed by atoms with Gasteiger partial charge in [0.05, 0.1) is 0 Å². The molecular formula is C13H18N2O. The number of nitrogens with one attached hydrogen (secondary N) is 1. The third kappa shape index (κ3) is 2.03. The van der Waals surface area contributed by atoms with E-state index in [1.165, 1.54) is 0 Å². The fourth-order valence-electron chi connectivity index (χ4n) is 1.98. The number of hydrogen-bond donors (Lipinski definition) is 1. The van der Waals surface area contributed by atoms with E-state index in [1.807, 2.05) is 19.2 Å². The van der Waals surface area contributed by atoms with E-state index in [0.29, 0.717) is 6.54 Å². The van der Waals surface area contributed by atoms with Crippen LogP contribution in [0.4, 0.5) is 5.69 Å². The quantitative estimate of drug-likeness (QED) is 0.785. The number of carbonyl (C=O) groups excluding carboxylic acids is 1. The lowest BCUT2D eigenvalue weighted by atomic mass is 10.1. The predicted octanol–water partition coefficient (Wildman–Crippen LogP) is 2.48. The smallest absolute Gasteiger partial charge is 0.254 e. The molecule has 16 heavy (non-hydrogen) atoms. The highest BCUT2D eigenvalue weighted by atomic mass is 16.2. The van der Waals surface area contributed by atoms with E-state index in [-0.39, 0.29) is 11.4 Å². The van der Waals surface area contributed by atoms with Gasteiger partial charge >= 0.3 is 0 Å². The number of fused-ring (bicyclic) bond motifs is 1. The summed E-state index contributed by atoms with van der Waals surface area (Å²) in [7, 11) is 1.83. The Morgan fingerprint density at radius 1 is 1.31 bits per heavy atom. The Balaban J connectivity index is 2.29. The summed E-state index contributed by atoms with van der Waals surface area (Å²) in [5.41, 5.74) is 3.07. The van der Waals surface area contributed by atoms with E-state index >= 15 is 0 Å². The summed E-state index contributed by atoms with van der Waals surface area (Å²) in [5, 5.41) is 3.41. The van der Waals surface area contributed by atoms with Crippen LogP contribution in [0.3, 0.4) is 0 Å². The molecule has 0 spiro atoms. The topological polar surface area (TPSA) is 32.3 Å². The van der Waals surface area contributed by atoms with Crippen molar-refractivity contribution in [1.29, 1.82) is 0 Å². The Morgan fingerprint density at radius 2 is 2.00 bits per heavy atom. The fourth-order valence-corrected chi connectivity index (χ4v) is 1.98. The molecule has 0 fully saturated rings. The van der Waals surface area contributed by atoms with Gasteiger partial charge in [0, 0.05) is 30.4 Å². The zero-order chi connectivity index (χ0) is 11.9. The van der Waals surface area contributed by atoms with E-state index in [0.717, 1.165) is 16.8 Å². The molecule has 1 aliphatic heterocycles. The minimum Gasteiger partial charge on any atom is -0.380 e. The molecular weight excluding hydrogens is 200 g/mol. The summed E-state index contributed by atoms with van der Waals surface area (Å²) in [5.74, 6) is 0.123. The van der Waals surface area contributed by atoms with E-state index in [9.17, 15) is 4.79 Å². The normalized spacial score (nSPS) is 15.2. The fraction of sp³-hybridized carbons (Fsp3) is 0.462. The van der Waals surface area contributed by atoms with Gasteiger partial charge < -0.3 is 10.2 Å². The summed E-state index contributed by atoms with van der Waals surface area (Å²) in [6.07, 6.45) is 0. The van der Waals surface area contributed by atoms with Gasteiger partial charge in [0.15, 0.2) is 0 Å². The Kier molecular flexibility index (Phi) is 2.41. The van der Waals surface area contributed by atoms with Gasteiger partial charge in [0.25, 0.3) is 5.91 Å². The van der Waals surface area contributed by atoms with Gasteiger partial charge in [-0.25, -0.2) is 0 Å². The average Bonchev–Trinajstić information content (AvgIpc) is 2.40. The molecule has 1 aromatic carbocycles. The minimum atomic E-state index is 0.0444. The molecule has 1 amide bonds. The summed E-state index contributed by atoms with van der Waals surface area (Å²) < 4.78 is 0. The molecule has 0 unspecified atom stereocenters. The van der Waals surface area contributed by atoms with Crippen LogP contribution in [-0.4, -0.2) is 23.4 Å². The molecule has 1 N–H and O–H groups in total. The van der Waals surface area contributed by atoms with Crippen molar-refractivity contribution < 1.29 is 4.79 Å². The van der Waals surface area contributed by atoms with Crippen molar-refractivity contribution in [2.24, 2.45) is 0 Å². The zero-order valence-corrected chi connectivity index (χ0v) is 10.3. The molecule has 1 aliphatic rings. The van der Waals surface area contributed by atoms with Crippen LogP contribution < -0.4 is 5.32 Å². The lowest BCUT2D eigenvalue weighted by Gasteiger charge is -2.22. The van der Waals surface area contributed by atoms with Crippen molar-refractivity contribution in [3.63, 3.8) is 0 Å². The van der Waals surface area contributed by atoms with E-state index < -0.39 is 0 Å². The summed E-state index contributed by atoms with van der Waals surface area (Å²) in [4.78, 5) is 13.4. The molecule has 0 radical (unpaired) electrons. The molecule has 0 atom stereocenters. The van der Waals surface area contributed by atoms with Gasteiger partial charge in [-0.2, -0.15) is 0 Å². The maximum atomic E-state index is 11.7. The molecule has 0 saturated heterocycles. The second-order valence-corrected chi connectivity index (χ2v) is 5.41. The van der Waals surface area contributed by atoms with Crippen LogP contribution in [0, 0.1) is 0 Å².